The molecule has 0 spiro atoms. The van der Waals surface area contributed by atoms with E-state index >= 15 is 0 Å². The van der Waals surface area contributed by atoms with Crippen molar-refractivity contribution in [3.8, 4) is 0 Å². The molecule has 0 amide bonds. The van der Waals surface area contributed by atoms with Gasteiger partial charge in [-0.2, -0.15) is 13.2 Å². The second kappa shape index (κ2) is 5.87. The predicted octanol–water partition coefficient (Wildman–Crippen LogP) is 4.04. The van der Waals surface area contributed by atoms with Crippen LogP contribution in [0.15, 0.2) is 5.38 Å². The van der Waals surface area contributed by atoms with Crippen molar-refractivity contribution >= 4 is 11.3 Å². The van der Waals surface area contributed by atoms with Gasteiger partial charge in [-0.1, -0.05) is 20.3 Å². The molecular weight excluding hydrogens is 247 g/mol. The van der Waals surface area contributed by atoms with Crippen LogP contribution in [0, 0.1) is 0 Å². The Morgan fingerprint density at radius 3 is 2.53 bits per heavy atom. The van der Waals surface area contributed by atoms with Gasteiger partial charge < -0.3 is 5.32 Å². The molecule has 0 aliphatic heterocycles. The van der Waals surface area contributed by atoms with Crippen molar-refractivity contribution < 1.29 is 13.2 Å². The van der Waals surface area contributed by atoms with Crippen molar-refractivity contribution in [1.82, 2.24) is 5.32 Å². The fourth-order valence-electron chi connectivity index (χ4n) is 2.00. The molecule has 1 nitrogen and oxygen atoms in total. The normalized spacial score (nSPS) is 14.0. The number of hydrogen-bond acceptors (Lipinski definition) is 2. The van der Waals surface area contributed by atoms with Gasteiger partial charge in [-0.05, 0) is 24.9 Å². The number of thiophene rings is 1. The maximum absolute atomic E-state index is 12.9. The molecule has 1 aromatic rings. The molecule has 1 N–H and O–H groups in total. The highest BCUT2D eigenvalue weighted by atomic mass is 32.1. The Kier molecular flexibility index (Phi) is 5.01. The molecule has 1 atom stereocenters. The molecule has 98 valence electrons. The van der Waals surface area contributed by atoms with E-state index in [0.29, 0.717) is 12.1 Å². The fourth-order valence-corrected chi connectivity index (χ4v) is 3.28. The monoisotopic (exact) mass is 265 g/mol. The summed E-state index contributed by atoms with van der Waals surface area (Å²) < 4.78 is 38.7. The van der Waals surface area contributed by atoms with Crippen LogP contribution < -0.4 is 5.32 Å². The van der Waals surface area contributed by atoms with E-state index in [-0.39, 0.29) is 5.92 Å². The Labute approximate surface area is 104 Å². The molecule has 0 saturated heterocycles. The minimum Gasteiger partial charge on any atom is -0.319 e. The summed E-state index contributed by atoms with van der Waals surface area (Å²) in [6, 6.07) is 0. The zero-order valence-electron chi connectivity index (χ0n) is 10.3. The topological polar surface area (TPSA) is 12.0 Å². The fraction of sp³-hybridized carbons (Fsp3) is 0.667. The van der Waals surface area contributed by atoms with Crippen molar-refractivity contribution in [2.75, 3.05) is 13.6 Å². The number of halogens is 3. The third-order valence-electron chi connectivity index (χ3n) is 2.70. The lowest BCUT2D eigenvalue weighted by molar-refractivity contribution is -0.138. The third-order valence-corrected chi connectivity index (χ3v) is 3.76. The summed E-state index contributed by atoms with van der Waals surface area (Å²) in [6.45, 7) is 4.39. The maximum atomic E-state index is 12.9. The minimum absolute atomic E-state index is 0.107. The number of nitrogens with one attached hydrogen (secondary N) is 1. The third kappa shape index (κ3) is 3.45. The molecular formula is C12H18F3NS. The van der Waals surface area contributed by atoms with Crippen molar-refractivity contribution in [3.63, 3.8) is 0 Å². The first-order chi connectivity index (χ1) is 7.91. The number of likely N-dealkylation sites (N-methyl/N-ethyl adjacent to an activating group) is 1. The Bertz CT molecular complexity index is 357. The largest absolute Gasteiger partial charge is 0.417 e. The van der Waals surface area contributed by atoms with Gasteiger partial charge in [-0.25, -0.2) is 0 Å². The first-order valence-corrected chi connectivity index (χ1v) is 6.61. The van der Waals surface area contributed by atoms with E-state index in [4.69, 9.17) is 0 Å². The molecule has 0 aromatic carbocycles. The van der Waals surface area contributed by atoms with E-state index in [1.165, 1.54) is 16.7 Å². The molecule has 0 radical (unpaired) electrons. The lowest BCUT2D eigenvalue weighted by Gasteiger charge is -2.16. The molecule has 1 heterocycles. The van der Waals surface area contributed by atoms with Crippen molar-refractivity contribution in [1.29, 1.82) is 0 Å². The molecule has 0 aliphatic rings. The first-order valence-electron chi connectivity index (χ1n) is 5.73. The Morgan fingerprint density at radius 2 is 2.06 bits per heavy atom. The summed E-state index contributed by atoms with van der Waals surface area (Å²) in [5.74, 6) is -0.107. The molecule has 0 fully saturated rings. The number of aryl methyl sites for hydroxylation is 1. The highest BCUT2D eigenvalue weighted by molar-refractivity contribution is 7.10. The summed E-state index contributed by atoms with van der Waals surface area (Å²) in [7, 11) is 1.76. The molecule has 17 heavy (non-hydrogen) atoms. The van der Waals surface area contributed by atoms with E-state index in [9.17, 15) is 13.2 Å². The van der Waals surface area contributed by atoms with Gasteiger partial charge in [-0.15, -0.1) is 11.3 Å². The lowest BCUT2D eigenvalue weighted by atomic mass is 9.95. The van der Waals surface area contributed by atoms with Crippen LogP contribution in [-0.4, -0.2) is 13.6 Å². The van der Waals surface area contributed by atoms with Gasteiger partial charge in [0.15, 0.2) is 0 Å². The van der Waals surface area contributed by atoms with E-state index in [1.807, 2.05) is 13.8 Å². The first kappa shape index (κ1) is 14.5. The molecule has 1 unspecified atom stereocenters. The van der Waals surface area contributed by atoms with Crippen LogP contribution in [0.1, 0.15) is 42.2 Å². The van der Waals surface area contributed by atoms with E-state index in [0.717, 1.165) is 17.7 Å². The van der Waals surface area contributed by atoms with Crippen molar-refractivity contribution in [2.24, 2.45) is 0 Å². The Balaban J connectivity index is 3.14. The quantitative estimate of drug-likeness (QED) is 0.847. The van der Waals surface area contributed by atoms with E-state index in [2.05, 4.69) is 5.32 Å². The van der Waals surface area contributed by atoms with Gasteiger partial charge in [0.25, 0.3) is 0 Å². The SMILES string of the molecule is CCCc1scc(C(F)(F)F)c1C(C)CNC. The van der Waals surface area contributed by atoms with E-state index < -0.39 is 11.7 Å². The standard InChI is InChI=1S/C12H18F3NS/c1-4-5-10-11(8(2)6-16-3)9(7-17-10)12(13,14)15/h7-8,16H,4-6H2,1-3H3. The zero-order valence-corrected chi connectivity index (χ0v) is 11.1. The van der Waals surface area contributed by atoms with Crippen LogP contribution in [0.25, 0.3) is 0 Å². The summed E-state index contributed by atoms with van der Waals surface area (Å²) in [5, 5.41) is 4.20. The summed E-state index contributed by atoms with van der Waals surface area (Å²) in [4.78, 5) is 0.877. The van der Waals surface area contributed by atoms with Crippen LogP contribution >= 0.6 is 11.3 Å². The van der Waals surface area contributed by atoms with Gasteiger partial charge in [0.05, 0.1) is 5.56 Å². The van der Waals surface area contributed by atoms with Crippen molar-refractivity contribution in [2.45, 2.75) is 38.8 Å². The molecule has 1 rings (SSSR count). The zero-order chi connectivity index (χ0) is 13.1. The van der Waals surface area contributed by atoms with Gasteiger partial charge >= 0.3 is 6.18 Å². The summed E-state index contributed by atoms with van der Waals surface area (Å²) in [6.07, 6.45) is -2.64. The number of hydrogen-bond donors (Lipinski definition) is 1. The Hall–Kier alpha value is -0.550. The van der Waals surface area contributed by atoms with Crippen LogP contribution in [0.2, 0.25) is 0 Å². The average molecular weight is 265 g/mol. The predicted molar refractivity (Wildman–Crippen MR) is 65.7 cm³/mol. The van der Waals surface area contributed by atoms with E-state index in [1.54, 1.807) is 7.05 Å². The highest BCUT2D eigenvalue weighted by Crippen LogP contribution is 2.40. The van der Waals surface area contributed by atoms with Crippen LogP contribution in [0.3, 0.4) is 0 Å². The molecule has 0 aliphatic carbocycles. The van der Waals surface area contributed by atoms with Gasteiger partial charge in [-0.3, -0.25) is 0 Å². The molecule has 5 heteroatoms. The smallest absolute Gasteiger partial charge is 0.319 e. The maximum Gasteiger partial charge on any atom is 0.417 e. The summed E-state index contributed by atoms with van der Waals surface area (Å²) >= 11 is 1.23. The van der Waals surface area contributed by atoms with Gasteiger partial charge in [0.1, 0.15) is 0 Å². The molecule has 0 bridgehead atoms. The molecule has 0 saturated carbocycles. The van der Waals surface area contributed by atoms with Crippen LogP contribution in [0.5, 0.6) is 0 Å². The highest BCUT2D eigenvalue weighted by Gasteiger charge is 2.36. The van der Waals surface area contributed by atoms with Gasteiger partial charge in [0, 0.05) is 16.8 Å². The number of alkyl halides is 3. The second-order valence-electron chi connectivity index (χ2n) is 4.19. The second-order valence-corrected chi connectivity index (χ2v) is 5.16. The minimum atomic E-state index is -4.24. The lowest BCUT2D eigenvalue weighted by Crippen LogP contribution is -2.18. The Morgan fingerprint density at radius 1 is 1.41 bits per heavy atom. The average Bonchev–Trinajstić information content (AvgIpc) is 2.62. The summed E-state index contributed by atoms with van der Waals surface area (Å²) in [5.41, 5.74) is 0.0346. The van der Waals surface area contributed by atoms with Crippen LogP contribution in [-0.2, 0) is 12.6 Å². The molecule has 1 aromatic heterocycles. The van der Waals surface area contributed by atoms with Gasteiger partial charge in [0.2, 0.25) is 0 Å². The van der Waals surface area contributed by atoms with Crippen LogP contribution in [0.4, 0.5) is 13.2 Å². The van der Waals surface area contributed by atoms with Crippen molar-refractivity contribution in [3.05, 3.63) is 21.4 Å². The number of rotatable bonds is 5.